The van der Waals surface area contributed by atoms with Gasteiger partial charge in [-0.15, -0.1) is 0 Å². The molecule has 2 rings (SSSR count). The maximum atomic E-state index is 9.43. The minimum Gasteiger partial charge on any atom is -0.491 e. The Labute approximate surface area is 113 Å². The van der Waals surface area contributed by atoms with E-state index in [2.05, 4.69) is 11.8 Å². The van der Waals surface area contributed by atoms with Crippen molar-refractivity contribution in [1.82, 2.24) is 0 Å². The monoisotopic (exact) mass is 266 g/mol. The lowest BCUT2D eigenvalue weighted by molar-refractivity contribution is 0.0727. The summed E-state index contributed by atoms with van der Waals surface area (Å²) >= 11 is 0. The number of nitrogens with zero attached hydrogens (tertiary/aromatic N) is 1. The van der Waals surface area contributed by atoms with Crippen molar-refractivity contribution >= 4 is 11.4 Å². The summed E-state index contributed by atoms with van der Waals surface area (Å²) in [6, 6.07) is 5.73. The van der Waals surface area contributed by atoms with E-state index in [0.29, 0.717) is 31.3 Å². The number of para-hydroxylation sites is 1. The van der Waals surface area contributed by atoms with Gasteiger partial charge in [-0.2, -0.15) is 0 Å². The molecule has 1 saturated heterocycles. The molecule has 1 aromatic carbocycles. The molecule has 1 fully saturated rings. The van der Waals surface area contributed by atoms with Crippen LogP contribution >= 0.6 is 0 Å². The molecule has 1 aromatic rings. The summed E-state index contributed by atoms with van der Waals surface area (Å²) in [5, 5.41) is 9.43. The van der Waals surface area contributed by atoms with E-state index in [1.807, 2.05) is 18.2 Å². The zero-order valence-electron chi connectivity index (χ0n) is 11.3. The maximum absolute atomic E-state index is 9.43. The molecular formula is C14H22N2O3. The summed E-state index contributed by atoms with van der Waals surface area (Å²) in [5.74, 6) is 0.711. The number of nitrogen functional groups attached to an aromatic ring is 1. The SMILES string of the molecule is CCCOc1cccc(N2CCOCC2CO)c1N. The van der Waals surface area contributed by atoms with Gasteiger partial charge in [0.25, 0.3) is 0 Å². The minimum atomic E-state index is -0.0440. The first-order valence-electron chi connectivity index (χ1n) is 6.74. The Morgan fingerprint density at radius 3 is 3.11 bits per heavy atom. The van der Waals surface area contributed by atoms with E-state index in [1.165, 1.54) is 0 Å². The second kappa shape index (κ2) is 6.63. The van der Waals surface area contributed by atoms with Crippen LogP contribution < -0.4 is 15.4 Å². The highest BCUT2D eigenvalue weighted by molar-refractivity contribution is 5.74. The van der Waals surface area contributed by atoms with Crippen molar-refractivity contribution in [3.63, 3.8) is 0 Å². The predicted octanol–water partition coefficient (Wildman–Crippen LogP) is 1.26. The molecule has 1 aliphatic rings. The normalized spacial score (nSPS) is 19.5. The summed E-state index contributed by atoms with van der Waals surface area (Å²) in [4.78, 5) is 2.09. The molecule has 0 aromatic heterocycles. The van der Waals surface area contributed by atoms with E-state index >= 15 is 0 Å². The molecule has 106 valence electrons. The van der Waals surface area contributed by atoms with Crippen LogP contribution in [0.25, 0.3) is 0 Å². The van der Waals surface area contributed by atoms with Crippen molar-refractivity contribution in [2.45, 2.75) is 19.4 Å². The van der Waals surface area contributed by atoms with Gasteiger partial charge < -0.3 is 25.2 Å². The highest BCUT2D eigenvalue weighted by atomic mass is 16.5. The topological polar surface area (TPSA) is 68.0 Å². The Kier molecular flexibility index (Phi) is 4.87. The van der Waals surface area contributed by atoms with Gasteiger partial charge in [0.05, 0.1) is 43.8 Å². The predicted molar refractivity (Wildman–Crippen MR) is 75.7 cm³/mol. The van der Waals surface area contributed by atoms with Crippen molar-refractivity contribution in [3.05, 3.63) is 18.2 Å². The fourth-order valence-corrected chi connectivity index (χ4v) is 2.24. The van der Waals surface area contributed by atoms with Gasteiger partial charge in [0.2, 0.25) is 0 Å². The lowest BCUT2D eigenvalue weighted by atomic mass is 10.1. The molecule has 0 amide bonds. The van der Waals surface area contributed by atoms with Crippen LogP contribution in [-0.2, 0) is 4.74 Å². The van der Waals surface area contributed by atoms with E-state index in [4.69, 9.17) is 15.2 Å². The molecule has 1 atom stereocenters. The number of benzene rings is 1. The molecule has 5 heteroatoms. The number of rotatable bonds is 5. The molecule has 3 N–H and O–H groups in total. The van der Waals surface area contributed by atoms with E-state index in [9.17, 15) is 5.11 Å². The number of anilines is 2. The number of aliphatic hydroxyl groups excluding tert-OH is 1. The van der Waals surface area contributed by atoms with Gasteiger partial charge in [-0.1, -0.05) is 13.0 Å². The number of ether oxygens (including phenoxy) is 2. The summed E-state index contributed by atoms with van der Waals surface area (Å²) in [7, 11) is 0. The van der Waals surface area contributed by atoms with Crippen molar-refractivity contribution in [2.75, 3.05) is 43.6 Å². The molecule has 0 saturated carbocycles. The third-order valence-electron chi connectivity index (χ3n) is 3.25. The Hall–Kier alpha value is -1.46. The van der Waals surface area contributed by atoms with Gasteiger partial charge in [0.1, 0.15) is 5.75 Å². The van der Waals surface area contributed by atoms with Crippen LogP contribution in [0, 0.1) is 0 Å². The van der Waals surface area contributed by atoms with Gasteiger partial charge in [0.15, 0.2) is 0 Å². The first-order valence-corrected chi connectivity index (χ1v) is 6.74. The van der Waals surface area contributed by atoms with Crippen LogP contribution in [0.4, 0.5) is 11.4 Å². The van der Waals surface area contributed by atoms with Crippen LogP contribution in [0.15, 0.2) is 18.2 Å². The van der Waals surface area contributed by atoms with Gasteiger partial charge >= 0.3 is 0 Å². The Morgan fingerprint density at radius 1 is 1.53 bits per heavy atom. The molecule has 1 unspecified atom stereocenters. The lowest BCUT2D eigenvalue weighted by Crippen LogP contribution is -2.47. The number of aliphatic hydroxyl groups is 1. The van der Waals surface area contributed by atoms with Crippen LogP contribution in [0.2, 0.25) is 0 Å². The van der Waals surface area contributed by atoms with Crippen molar-refractivity contribution in [1.29, 1.82) is 0 Å². The van der Waals surface area contributed by atoms with Crippen molar-refractivity contribution in [3.8, 4) is 5.75 Å². The summed E-state index contributed by atoms with van der Waals surface area (Å²) in [6.45, 7) is 4.67. The summed E-state index contributed by atoms with van der Waals surface area (Å²) in [5.41, 5.74) is 7.73. The highest BCUT2D eigenvalue weighted by Gasteiger charge is 2.24. The fourth-order valence-electron chi connectivity index (χ4n) is 2.24. The lowest BCUT2D eigenvalue weighted by Gasteiger charge is -2.37. The average molecular weight is 266 g/mol. The zero-order valence-corrected chi connectivity index (χ0v) is 11.3. The number of morpholine rings is 1. The Morgan fingerprint density at radius 2 is 2.37 bits per heavy atom. The van der Waals surface area contributed by atoms with Gasteiger partial charge in [-0.05, 0) is 18.6 Å². The standard InChI is InChI=1S/C14H22N2O3/c1-2-7-19-13-5-3-4-12(14(13)15)16-6-8-18-10-11(16)9-17/h3-5,11,17H,2,6-10,15H2,1H3. The Balaban J connectivity index is 2.22. The number of nitrogens with two attached hydrogens (primary N) is 1. The second-order valence-corrected chi connectivity index (χ2v) is 4.64. The van der Waals surface area contributed by atoms with Crippen LogP contribution in [0.3, 0.4) is 0 Å². The zero-order chi connectivity index (χ0) is 13.7. The molecular weight excluding hydrogens is 244 g/mol. The molecule has 19 heavy (non-hydrogen) atoms. The molecule has 1 aliphatic heterocycles. The average Bonchev–Trinajstić information content (AvgIpc) is 2.46. The van der Waals surface area contributed by atoms with E-state index < -0.39 is 0 Å². The highest BCUT2D eigenvalue weighted by Crippen LogP contribution is 2.34. The van der Waals surface area contributed by atoms with Gasteiger partial charge in [-0.25, -0.2) is 0 Å². The number of hydrogen-bond donors (Lipinski definition) is 2. The third-order valence-corrected chi connectivity index (χ3v) is 3.25. The first kappa shape index (κ1) is 14.0. The van der Waals surface area contributed by atoms with E-state index in [0.717, 1.165) is 18.7 Å². The quantitative estimate of drug-likeness (QED) is 0.785. The van der Waals surface area contributed by atoms with Crippen LogP contribution in [-0.4, -0.2) is 44.1 Å². The van der Waals surface area contributed by atoms with Crippen LogP contribution in [0.5, 0.6) is 5.75 Å². The van der Waals surface area contributed by atoms with Crippen molar-refractivity contribution < 1.29 is 14.6 Å². The molecule has 0 radical (unpaired) electrons. The van der Waals surface area contributed by atoms with E-state index in [1.54, 1.807) is 0 Å². The van der Waals surface area contributed by atoms with Crippen molar-refractivity contribution in [2.24, 2.45) is 0 Å². The Bertz CT molecular complexity index is 412. The molecule has 0 aliphatic carbocycles. The van der Waals surface area contributed by atoms with E-state index in [-0.39, 0.29) is 12.6 Å². The first-order chi connectivity index (χ1) is 9.27. The largest absolute Gasteiger partial charge is 0.491 e. The third kappa shape index (κ3) is 3.11. The van der Waals surface area contributed by atoms with Crippen LogP contribution in [0.1, 0.15) is 13.3 Å². The smallest absolute Gasteiger partial charge is 0.144 e. The second-order valence-electron chi connectivity index (χ2n) is 4.64. The fraction of sp³-hybridized carbons (Fsp3) is 0.571. The molecule has 1 heterocycles. The minimum absolute atomic E-state index is 0.0440. The molecule has 0 bridgehead atoms. The molecule has 0 spiro atoms. The number of hydrogen-bond acceptors (Lipinski definition) is 5. The maximum Gasteiger partial charge on any atom is 0.144 e. The molecule has 5 nitrogen and oxygen atoms in total. The summed E-state index contributed by atoms with van der Waals surface area (Å²) in [6.07, 6.45) is 0.945. The summed E-state index contributed by atoms with van der Waals surface area (Å²) < 4.78 is 11.0. The van der Waals surface area contributed by atoms with Gasteiger partial charge in [0, 0.05) is 6.54 Å². The van der Waals surface area contributed by atoms with Gasteiger partial charge in [-0.3, -0.25) is 0 Å².